The first-order valence-corrected chi connectivity index (χ1v) is 5.25. The summed E-state index contributed by atoms with van der Waals surface area (Å²) in [5.74, 6) is -2.26. The van der Waals surface area contributed by atoms with Crippen molar-refractivity contribution in [3.63, 3.8) is 0 Å². The smallest absolute Gasteiger partial charge is 0.328 e. The van der Waals surface area contributed by atoms with Gasteiger partial charge in [-0.15, -0.1) is 0 Å². The molecule has 0 atom stereocenters. The average Bonchev–Trinajstić information content (AvgIpc) is 2.22. The molecular weight excluding hydrogens is 226 g/mol. The summed E-state index contributed by atoms with van der Waals surface area (Å²) < 4.78 is 4.73. The number of hydrogen-bond acceptors (Lipinski definition) is 4. The fraction of sp³-hybridized carbons (Fsp3) is 0.545. The van der Waals surface area contributed by atoms with Crippen LogP contribution in [0.2, 0.25) is 0 Å². The van der Waals surface area contributed by atoms with Crippen LogP contribution in [0.15, 0.2) is 12.2 Å². The number of carbonyl (C=O) groups is 3. The second-order valence-electron chi connectivity index (χ2n) is 3.54. The van der Waals surface area contributed by atoms with E-state index in [1.54, 1.807) is 20.8 Å². The first-order chi connectivity index (χ1) is 7.88. The molecule has 0 fully saturated rings. The van der Waals surface area contributed by atoms with Crippen molar-refractivity contribution in [1.82, 2.24) is 4.90 Å². The molecule has 0 heterocycles. The van der Waals surface area contributed by atoms with E-state index in [-0.39, 0.29) is 19.2 Å². The molecule has 0 saturated carbocycles. The Morgan fingerprint density at radius 2 is 1.88 bits per heavy atom. The summed E-state index contributed by atoms with van der Waals surface area (Å²) in [5.41, 5.74) is 0. The van der Waals surface area contributed by atoms with Gasteiger partial charge in [-0.2, -0.15) is 0 Å². The summed E-state index contributed by atoms with van der Waals surface area (Å²) in [6.45, 7) is 5.18. The molecule has 1 amide bonds. The largest absolute Gasteiger partial charge is 0.478 e. The minimum Gasteiger partial charge on any atom is -0.478 e. The lowest BCUT2D eigenvalue weighted by atomic mass is 10.3. The van der Waals surface area contributed by atoms with Gasteiger partial charge < -0.3 is 14.7 Å². The topological polar surface area (TPSA) is 83.9 Å². The first-order valence-electron chi connectivity index (χ1n) is 5.25. The lowest BCUT2D eigenvalue weighted by molar-refractivity contribution is -0.148. The standard InChI is InChI=1S/C11H17NO5/c1-4-17-11(16)7-12(8(2)3)9(13)5-6-10(14)15/h5-6,8H,4,7H2,1-3H3,(H,14,15)/b6-5+. The maximum absolute atomic E-state index is 11.6. The van der Waals surface area contributed by atoms with Gasteiger partial charge in [0.1, 0.15) is 6.54 Å². The van der Waals surface area contributed by atoms with E-state index in [0.29, 0.717) is 0 Å². The van der Waals surface area contributed by atoms with Gasteiger partial charge in [0.25, 0.3) is 0 Å². The molecular formula is C11H17NO5. The van der Waals surface area contributed by atoms with Crippen molar-refractivity contribution in [1.29, 1.82) is 0 Å². The number of amides is 1. The van der Waals surface area contributed by atoms with Crippen LogP contribution >= 0.6 is 0 Å². The summed E-state index contributed by atoms with van der Waals surface area (Å²) in [6.07, 6.45) is 1.66. The van der Waals surface area contributed by atoms with Gasteiger partial charge in [-0.05, 0) is 20.8 Å². The zero-order valence-corrected chi connectivity index (χ0v) is 10.2. The molecule has 0 aliphatic carbocycles. The van der Waals surface area contributed by atoms with Gasteiger partial charge in [0, 0.05) is 18.2 Å². The van der Waals surface area contributed by atoms with Crippen LogP contribution in [0.5, 0.6) is 0 Å². The van der Waals surface area contributed by atoms with Gasteiger partial charge in [0.2, 0.25) is 5.91 Å². The Labute approximate surface area is 99.9 Å². The molecule has 0 unspecified atom stereocenters. The van der Waals surface area contributed by atoms with E-state index in [1.165, 1.54) is 4.90 Å². The van der Waals surface area contributed by atoms with Crippen molar-refractivity contribution in [3.05, 3.63) is 12.2 Å². The number of hydrogen-bond donors (Lipinski definition) is 1. The van der Waals surface area contributed by atoms with Crippen molar-refractivity contribution in [2.75, 3.05) is 13.2 Å². The third kappa shape index (κ3) is 6.34. The van der Waals surface area contributed by atoms with E-state index < -0.39 is 17.8 Å². The molecule has 0 aliphatic heterocycles. The zero-order valence-electron chi connectivity index (χ0n) is 10.2. The number of nitrogens with zero attached hydrogens (tertiary/aromatic N) is 1. The number of carboxylic acid groups (broad SMARTS) is 1. The summed E-state index contributed by atoms with van der Waals surface area (Å²) in [7, 11) is 0. The van der Waals surface area contributed by atoms with Crippen LogP contribution in [0.3, 0.4) is 0 Å². The minimum atomic E-state index is -1.21. The van der Waals surface area contributed by atoms with E-state index in [9.17, 15) is 14.4 Å². The quantitative estimate of drug-likeness (QED) is 0.540. The molecule has 17 heavy (non-hydrogen) atoms. The van der Waals surface area contributed by atoms with E-state index in [0.717, 1.165) is 12.2 Å². The maximum atomic E-state index is 11.6. The van der Waals surface area contributed by atoms with Gasteiger partial charge in [-0.1, -0.05) is 0 Å². The lowest BCUT2D eigenvalue weighted by Gasteiger charge is -2.24. The Kier molecular flexibility index (Phi) is 6.62. The average molecular weight is 243 g/mol. The van der Waals surface area contributed by atoms with Crippen molar-refractivity contribution < 1.29 is 24.2 Å². The maximum Gasteiger partial charge on any atom is 0.328 e. The van der Waals surface area contributed by atoms with Crippen molar-refractivity contribution in [2.24, 2.45) is 0 Å². The highest BCUT2D eigenvalue weighted by Crippen LogP contribution is 2.01. The Morgan fingerprint density at radius 1 is 1.29 bits per heavy atom. The zero-order chi connectivity index (χ0) is 13.4. The highest BCUT2D eigenvalue weighted by atomic mass is 16.5. The molecule has 1 N–H and O–H groups in total. The number of esters is 1. The molecule has 0 aromatic carbocycles. The third-order valence-corrected chi connectivity index (χ3v) is 1.88. The van der Waals surface area contributed by atoms with E-state index in [2.05, 4.69) is 0 Å². The Morgan fingerprint density at radius 3 is 2.29 bits per heavy atom. The van der Waals surface area contributed by atoms with E-state index in [4.69, 9.17) is 9.84 Å². The predicted octanol–water partition coefficient (Wildman–Crippen LogP) is 0.427. The third-order valence-electron chi connectivity index (χ3n) is 1.88. The molecule has 0 spiro atoms. The number of ether oxygens (including phenoxy) is 1. The van der Waals surface area contributed by atoms with Gasteiger partial charge in [-0.3, -0.25) is 9.59 Å². The molecule has 0 rings (SSSR count). The molecule has 0 saturated heterocycles. The minimum absolute atomic E-state index is 0.186. The number of aliphatic carboxylic acids is 1. The number of rotatable bonds is 6. The molecule has 6 heteroatoms. The van der Waals surface area contributed by atoms with E-state index in [1.807, 2.05) is 0 Å². The van der Waals surface area contributed by atoms with Crippen LogP contribution in [-0.2, 0) is 19.1 Å². The summed E-state index contributed by atoms with van der Waals surface area (Å²) in [6, 6.07) is -0.217. The second kappa shape index (κ2) is 7.43. The SMILES string of the molecule is CCOC(=O)CN(C(=O)/C=C/C(=O)O)C(C)C. The van der Waals surface area contributed by atoms with Gasteiger partial charge in [0.15, 0.2) is 0 Å². The lowest BCUT2D eigenvalue weighted by Crippen LogP contribution is -2.40. The van der Waals surface area contributed by atoms with Crippen molar-refractivity contribution in [3.8, 4) is 0 Å². The molecule has 0 bridgehead atoms. The summed E-state index contributed by atoms with van der Waals surface area (Å²) in [5, 5.41) is 8.40. The fourth-order valence-corrected chi connectivity index (χ4v) is 1.10. The van der Waals surface area contributed by atoms with Crippen LogP contribution in [0.4, 0.5) is 0 Å². The highest BCUT2D eigenvalue weighted by molar-refractivity contribution is 5.95. The van der Waals surface area contributed by atoms with Gasteiger partial charge >= 0.3 is 11.9 Å². The number of carbonyl (C=O) groups excluding carboxylic acids is 2. The van der Waals surface area contributed by atoms with Crippen LogP contribution in [0.1, 0.15) is 20.8 Å². The van der Waals surface area contributed by atoms with Crippen molar-refractivity contribution >= 4 is 17.8 Å². The molecule has 6 nitrogen and oxygen atoms in total. The summed E-state index contributed by atoms with van der Waals surface area (Å²) >= 11 is 0. The molecule has 0 aliphatic rings. The van der Waals surface area contributed by atoms with Crippen LogP contribution in [0, 0.1) is 0 Å². The molecule has 96 valence electrons. The van der Waals surface area contributed by atoms with Crippen LogP contribution in [0.25, 0.3) is 0 Å². The highest BCUT2D eigenvalue weighted by Gasteiger charge is 2.18. The fourth-order valence-electron chi connectivity index (χ4n) is 1.10. The monoisotopic (exact) mass is 243 g/mol. The van der Waals surface area contributed by atoms with E-state index >= 15 is 0 Å². The summed E-state index contributed by atoms with van der Waals surface area (Å²) in [4.78, 5) is 34.3. The van der Waals surface area contributed by atoms with Gasteiger partial charge in [0.05, 0.1) is 6.61 Å². The molecule has 0 aromatic heterocycles. The second-order valence-corrected chi connectivity index (χ2v) is 3.54. The predicted molar refractivity (Wildman–Crippen MR) is 60.3 cm³/mol. The molecule has 0 radical (unpaired) electrons. The normalized spacial score (nSPS) is 10.6. The Hall–Kier alpha value is -1.85. The Bertz CT molecular complexity index is 322. The number of carboxylic acids is 1. The van der Waals surface area contributed by atoms with Gasteiger partial charge in [-0.25, -0.2) is 4.79 Å². The molecule has 0 aromatic rings. The van der Waals surface area contributed by atoms with Crippen LogP contribution in [-0.4, -0.2) is 47.0 Å². The van der Waals surface area contributed by atoms with Crippen LogP contribution < -0.4 is 0 Å². The Balaban J connectivity index is 4.57. The van der Waals surface area contributed by atoms with Crippen molar-refractivity contribution in [2.45, 2.75) is 26.8 Å². The first kappa shape index (κ1) is 15.2.